The SMILES string of the molecule is CNc1cc(C)c(S(=O)(=O)NCC2CCCCC2)c(C)c1. The predicted octanol–water partition coefficient (Wildman–Crippen LogP) is 3.20. The van der Waals surface area contributed by atoms with E-state index in [2.05, 4.69) is 10.0 Å². The molecule has 1 aliphatic carbocycles. The van der Waals surface area contributed by atoms with E-state index in [-0.39, 0.29) is 0 Å². The molecule has 2 N–H and O–H groups in total. The van der Waals surface area contributed by atoms with Crippen LogP contribution >= 0.6 is 0 Å². The summed E-state index contributed by atoms with van der Waals surface area (Å²) >= 11 is 0. The molecule has 0 amide bonds. The van der Waals surface area contributed by atoms with Crippen molar-refractivity contribution in [3.8, 4) is 0 Å². The second kappa shape index (κ2) is 6.79. The second-order valence-corrected chi connectivity index (χ2v) is 7.75. The molecule has 0 heterocycles. The van der Waals surface area contributed by atoms with E-state index in [9.17, 15) is 8.42 Å². The average Bonchev–Trinajstić information content (AvgIpc) is 2.45. The zero-order chi connectivity index (χ0) is 15.5. The summed E-state index contributed by atoms with van der Waals surface area (Å²) in [4.78, 5) is 0.428. The zero-order valence-corrected chi connectivity index (χ0v) is 14.0. The monoisotopic (exact) mass is 310 g/mol. The minimum Gasteiger partial charge on any atom is -0.388 e. The van der Waals surface area contributed by atoms with E-state index < -0.39 is 10.0 Å². The molecule has 2 rings (SSSR count). The summed E-state index contributed by atoms with van der Waals surface area (Å²) in [5.74, 6) is 0.491. The van der Waals surface area contributed by atoms with Crippen LogP contribution in [-0.4, -0.2) is 22.0 Å². The Morgan fingerprint density at radius 3 is 2.19 bits per heavy atom. The van der Waals surface area contributed by atoms with Gasteiger partial charge in [-0.3, -0.25) is 0 Å². The van der Waals surface area contributed by atoms with Gasteiger partial charge in [0.15, 0.2) is 0 Å². The lowest BCUT2D eigenvalue weighted by Gasteiger charge is -2.22. The summed E-state index contributed by atoms with van der Waals surface area (Å²) in [7, 11) is -1.59. The van der Waals surface area contributed by atoms with Crippen molar-refractivity contribution in [3.05, 3.63) is 23.3 Å². The summed E-state index contributed by atoms with van der Waals surface area (Å²) in [6, 6.07) is 3.75. The minimum atomic E-state index is -3.42. The maximum atomic E-state index is 12.6. The normalized spacial score (nSPS) is 16.9. The smallest absolute Gasteiger partial charge is 0.241 e. The molecule has 0 aromatic heterocycles. The predicted molar refractivity (Wildman–Crippen MR) is 87.2 cm³/mol. The van der Waals surface area contributed by atoms with E-state index in [0.29, 0.717) is 17.4 Å². The van der Waals surface area contributed by atoms with E-state index in [1.807, 2.05) is 33.0 Å². The molecule has 1 fully saturated rings. The highest BCUT2D eigenvalue weighted by Crippen LogP contribution is 2.26. The number of hydrogen-bond donors (Lipinski definition) is 2. The highest BCUT2D eigenvalue weighted by atomic mass is 32.2. The van der Waals surface area contributed by atoms with Gasteiger partial charge in [0.25, 0.3) is 0 Å². The Kier molecular flexibility index (Phi) is 5.27. The Morgan fingerprint density at radius 2 is 1.67 bits per heavy atom. The molecule has 1 aromatic rings. The van der Waals surface area contributed by atoms with Crippen molar-refractivity contribution in [2.45, 2.75) is 50.8 Å². The van der Waals surface area contributed by atoms with Gasteiger partial charge in [-0.1, -0.05) is 19.3 Å². The van der Waals surface area contributed by atoms with Crippen LogP contribution in [0.4, 0.5) is 5.69 Å². The van der Waals surface area contributed by atoms with Crippen LogP contribution in [-0.2, 0) is 10.0 Å². The van der Waals surface area contributed by atoms with Gasteiger partial charge in [-0.15, -0.1) is 0 Å². The lowest BCUT2D eigenvalue weighted by atomic mass is 9.90. The number of hydrogen-bond acceptors (Lipinski definition) is 3. The second-order valence-electron chi connectivity index (χ2n) is 6.05. The van der Waals surface area contributed by atoms with Crippen molar-refractivity contribution in [2.75, 3.05) is 18.9 Å². The third kappa shape index (κ3) is 3.98. The zero-order valence-electron chi connectivity index (χ0n) is 13.2. The van der Waals surface area contributed by atoms with Gasteiger partial charge in [0.1, 0.15) is 0 Å². The first-order chi connectivity index (χ1) is 9.94. The molecular weight excluding hydrogens is 284 g/mol. The first-order valence-corrected chi connectivity index (χ1v) is 9.21. The van der Waals surface area contributed by atoms with Gasteiger partial charge < -0.3 is 5.32 Å². The molecule has 4 nitrogen and oxygen atoms in total. The summed E-state index contributed by atoms with van der Waals surface area (Å²) < 4.78 is 28.0. The third-order valence-corrected chi connectivity index (χ3v) is 6.03. The average molecular weight is 310 g/mol. The Labute approximate surface area is 128 Å². The van der Waals surface area contributed by atoms with Crippen LogP contribution in [0.2, 0.25) is 0 Å². The third-order valence-electron chi connectivity index (χ3n) is 4.30. The van der Waals surface area contributed by atoms with Crippen molar-refractivity contribution in [3.63, 3.8) is 0 Å². The van der Waals surface area contributed by atoms with Crippen molar-refractivity contribution in [1.29, 1.82) is 0 Å². The first kappa shape index (κ1) is 16.3. The Bertz CT molecular complexity index is 567. The lowest BCUT2D eigenvalue weighted by molar-refractivity contribution is 0.357. The van der Waals surface area contributed by atoms with Crippen LogP contribution < -0.4 is 10.0 Å². The van der Waals surface area contributed by atoms with Gasteiger partial charge in [0, 0.05) is 19.3 Å². The number of rotatable bonds is 5. The van der Waals surface area contributed by atoms with Crippen LogP contribution in [0.1, 0.15) is 43.2 Å². The van der Waals surface area contributed by atoms with Gasteiger partial charge in [-0.05, 0) is 55.9 Å². The molecule has 0 spiro atoms. The molecule has 5 heteroatoms. The van der Waals surface area contributed by atoms with Crippen LogP contribution in [0.5, 0.6) is 0 Å². The molecule has 1 aromatic carbocycles. The molecule has 0 aliphatic heterocycles. The van der Waals surface area contributed by atoms with E-state index in [0.717, 1.165) is 29.7 Å². The number of nitrogens with one attached hydrogen (secondary N) is 2. The Hall–Kier alpha value is -1.07. The fourth-order valence-electron chi connectivity index (χ4n) is 3.21. The number of anilines is 1. The van der Waals surface area contributed by atoms with Gasteiger partial charge >= 0.3 is 0 Å². The molecule has 1 aliphatic rings. The molecule has 1 saturated carbocycles. The molecule has 0 bridgehead atoms. The lowest BCUT2D eigenvalue weighted by Crippen LogP contribution is -2.31. The standard InChI is InChI=1S/C16H26N2O2S/c1-12-9-15(17-3)10-13(2)16(12)21(19,20)18-11-14-7-5-4-6-8-14/h9-10,14,17-18H,4-8,11H2,1-3H3. The molecule has 0 saturated heterocycles. The first-order valence-electron chi connectivity index (χ1n) is 7.72. The topological polar surface area (TPSA) is 58.2 Å². The molecule has 21 heavy (non-hydrogen) atoms. The van der Waals surface area contributed by atoms with Crippen LogP contribution in [0.3, 0.4) is 0 Å². The summed E-state index contributed by atoms with van der Waals surface area (Å²) in [5.41, 5.74) is 2.52. The van der Waals surface area contributed by atoms with Crippen LogP contribution in [0, 0.1) is 19.8 Å². The van der Waals surface area contributed by atoms with E-state index >= 15 is 0 Å². The summed E-state index contributed by atoms with van der Waals surface area (Å²) in [6.07, 6.45) is 6.01. The molecule has 0 atom stereocenters. The number of sulfonamides is 1. The van der Waals surface area contributed by atoms with Crippen LogP contribution in [0.25, 0.3) is 0 Å². The fraction of sp³-hybridized carbons (Fsp3) is 0.625. The molecular formula is C16H26N2O2S. The maximum absolute atomic E-state index is 12.6. The highest BCUT2D eigenvalue weighted by Gasteiger charge is 2.22. The maximum Gasteiger partial charge on any atom is 0.241 e. The molecule has 118 valence electrons. The summed E-state index contributed by atoms with van der Waals surface area (Å²) in [5, 5.41) is 3.06. The highest BCUT2D eigenvalue weighted by molar-refractivity contribution is 7.89. The van der Waals surface area contributed by atoms with Gasteiger partial charge in [-0.25, -0.2) is 13.1 Å². The van der Waals surface area contributed by atoms with E-state index in [1.165, 1.54) is 19.3 Å². The number of benzene rings is 1. The Balaban J connectivity index is 2.15. The fourth-order valence-corrected chi connectivity index (χ4v) is 4.77. The van der Waals surface area contributed by atoms with Crippen molar-refractivity contribution in [1.82, 2.24) is 4.72 Å². The van der Waals surface area contributed by atoms with Crippen LogP contribution in [0.15, 0.2) is 17.0 Å². The largest absolute Gasteiger partial charge is 0.388 e. The van der Waals surface area contributed by atoms with Crippen molar-refractivity contribution < 1.29 is 8.42 Å². The van der Waals surface area contributed by atoms with Gasteiger partial charge in [-0.2, -0.15) is 0 Å². The van der Waals surface area contributed by atoms with E-state index in [1.54, 1.807) is 0 Å². The van der Waals surface area contributed by atoms with Gasteiger partial charge in [0.2, 0.25) is 10.0 Å². The Morgan fingerprint density at radius 1 is 1.10 bits per heavy atom. The molecule has 0 unspecified atom stereocenters. The summed E-state index contributed by atoms with van der Waals surface area (Å²) in [6.45, 7) is 4.26. The van der Waals surface area contributed by atoms with Crippen molar-refractivity contribution in [2.24, 2.45) is 5.92 Å². The van der Waals surface area contributed by atoms with Crippen molar-refractivity contribution >= 4 is 15.7 Å². The number of aryl methyl sites for hydroxylation is 2. The quantitative estimate of drug-likeness (QED) is 0.878. The van der Waals surface area contributed by atoms with E-state index in [4.69, 9.17) is 0 Å². The van der Waals surface area contributed by atoms with Gasteiger partial charge in [0.05, 0.1) is 4.90 Å². The molecule has 0 radical (unpaired) electrons. The minimum absolute atomic E-state index is 0.428.